The van der Waals surface area contributed by atoms with E-state index in [9.17, 15) is 4.79 Å². The number of nitrogens with one attached hydrogen (secondary N) is 1. The Labute approximate surface area is 96.6 Å². The third-order valence-electron chi connectivity index (χ3n) is 1.80. The maximum atomic E-state index is 11.1. The quantitative estimate of drug-likeness (QED) is 0.740. The van der Waals surface area contributed by atoms with Crippen LogP contribution >= 0.6 is 0 Å². The molecule has 0 saturated carbocycles. The predicted molar refractivity (Wildman–Crippen MR) is 69.8 cm³/mol. The van der Waals surface area contributed by atoms with Crippen molar-refractivity contribution < 1.29 is 0 Å². The lowest BCUT2D eigenvalue weighted by atomic mass is 10.2. The predicted octanol–water partition coefficient (Wildman–Crippen LogP) is 3.28. The van der Waals surface area contributed by atoms with Crippen molar-refractivity contribution in [1.82, 2.24) is 9.97 Å². The van der Waals surface area contributed by atoms with Crippen LogP contribution < -0.4 is 5.56 Å². The minimum absolute atomic E-state index is 0.0683. The van der Waals surface area contributed by atoms with E-state index in [1.54, 1.807) is 13.1 Å². The van der Waals surface area contributed by atoms with E-state index in [-0.39, 0.29) is 5.56 Å². The van der Waals surface area contributed by atoms with Crippen molar-refractivity contribution >= 4 is 11.0 Å². The van der Waals surface area contributed by atoms with Gasteiger partial charge in [0.15, 0.2) is 0 Å². The first-order valence-electron chi connectivity index (χ1n) is 5.72. The van der Waals surface area contributed by atoms with Crippen LogP contribution in [0.2, 0.25) is 0 Å². The molecule has 0 spiro atoms. The van der Waals surface area contributed by atoms with Gasteiger partial charge in [-0.2, -0.15) is 0 Å². The standard InChI is InChI=1S/C9H8N2O.2C2H6/c1-6-5-7-3-2-4-10-8(7)11-9(6)12;2*1-2/h2-5H,1H3,(H,10,11,12);2*1-2H3. The summed E-state index contributed by atoms with van der Waals surface area (Å²) in [5, 5.41) is 0.967. The summed E-state index contributed by atoms with van der Waals surface area (Å²) in [5.41, 5.74) is 1.30. The van der Waals surface area contributed by atoms with Crippen LogP contribution in [0.25, 0.3) is 11.0 Å². The molecule has 1 N–H and O–H groups in total. The van der Waals surface area contributed by atoms with Crippen LogP contribution in [0.3, 0.4) is 0 Å². The van der Waals surface area contributed by atoms with E-state index in [0.29, 0.717) is 5.65 Å². The van der Waals surface area contributed by atoms with Crippen LogP contribution in [0.15, 0.2) is 29.2 Å². The average Bonchev–Trinajstić information content (AvgIpc) is 2.36. The van der Waals surface area contributed by atoms with Gasteiger partial charge in [-0.05, 0) is 25.1 Å². The van der Waals surface area contributed by atoms with E-state index in [0.717, 1.165) is 10.9 Å². The second kappa shape index (κ2) is 7.63. The van der Waals surface area contributed by atoms with Gasteiger partial charge in [0.2, 0.25) is 0 Å². The van der Waals surface area contributed by atoms with Gasteiger partial charge in [0.1, 0.15) is 5.65 Å². The Morgan fingerprint density at radius 2 is 1.81 bits per heavy atom. The molecule has 0 aliphatic rings. The lowest BCUT2D eigenvalue weighted by Crippen LogP contribution is -2.08. The minimum Gasteiger partial charge on any atom is -0.306 e. The normalized spacial score (nSPS) is 8.56. The maximum Gasteiger partial charge on any atom is 0.252 e. The number of rotatable bonds is 0. The van der Waals surface area contributed by atoms with Crippen LogP contribution in [0.4, 0.5) is 0 Å². The van der Waals surface area contributed by atoms with Crippen molar-refractivity contribution in [3.63, 3.8) is 0 Å². The summed E-state index contributed by atoms with van der Waals surface area (Å²) in [4.78, 5) is 17.9. The van der Waals surface area contributed by atoms with E-state index >= 15 is 0 Å². The Kier molecular flexibility index (Phi) is 6.84. The smallest absolute Gasteiger partial charge is 0.252 e. The molecule has 3 nitrogen and oxygen atoms in total. The molecule has 2 aromatic rings. The molecule has 2 aromatic heterocycles. The molecule has 0 aliphatic carbocycles. The van der Waals surface area contributed by atoms with Gasteiger partial charge in [0.05, 0.1) is 0 Å². The molecule has 88 valence electrons. The van der Waals surface area contributed by atoms with Crippen LogP contribution in [-0.2, 0) is 0 Å². The summed E-state index contributed by atoms with van der Waals surface area (Å²) in [6.07, 6.45) is 1.66. The van der Waals surface area contributed by atoms with Gasteiger partial charge in [-0.1, -0.05) is 27.7 Å². The molecular formula is C13H20N2O. The van der Waals surface area contributed by atoms with Crippen molar-refractivity contribution in [3.8, 4) is 0 Å². The van der Waals surface area contributed by atoms with Crippen molar-refractivity contribution in [2.45, 2.75) is 34.6 Å². The zero-order valence-corrected chi connectivity index (χ0v) is 10.7. The van der Waals surface area contributed by atoms with Crippen LogP contribution in [-0.4, -0.2) is 9.97 Å². The summed E-state index contributed by atoms with van der Waals surface area (Å²) in [6, 6.07) is 5.60. The fraction of sp³-hybridized carbons (Fsp3) is 0.385. The third-order valence-corrected chi connectivity index (χ3v) is 1.80. The summed E-state index contributed by atoms with van der Waals surface area (Å²) < 4.78 is 0. The Morgan fingerprint density at radius 1 is 1.19 bits per heavy atom. The summed E-state index contributed by atoms with van der Waals surface area (Å²) >= 11 is 0. The summed E-state index contributed by atoms with van der Waals surface area (Å²) in [5.74, 6) is 0. The van der Waals surface area contributed by atoms with Crippen LogP contribution in [0.5, 0.6) is 0 Å². The van der Waals surface area contributed by atoms with Crippen LogP contribution in [0.1, 0.15) is 33.3 Å². The number of hydrogen-bond donors (Lipinski definition) is 1. The van der Waals surface area contributed by atoms with Gasteiger partial charge in [-0.15, -0.1) is 0 Å². The van der Waals surface area contributed by atoms with Crippen molar-refractivity contribution in [2.75, 3.05) is 0 Å². The lowest BCUT2D eigenvalue weighted by molar-refractivity contribution is 1.19. The second-order valence-electron chi connectivity index (χ2n) is 2.72. The van der Waals surface area contributed by atoms with Crippen LogP contribution in [0, 0.1) is 6.92 Å². The highest BCUT2D eigenvalue weighted by Gasteiger charge is 1.96. The zero-order chi connectivity index (χ0) is 12.6. The molecule has 0 bridgehead atoms. The largest absolute Gasteiger partial charge is 0.306 e. The Bertz CT molecular complexity index is 475. The zero-order valence-electron chi connectivity index (χ0n) is 10.7. The van der Waals surface area contributed by atoms with Gasteiger partial charge < -0.3 is 4.98 Å². The topological polar surface area (TPSA) is 45.8 Å². The number of pyridine rings is 2. The second-order valence-corrected chi connectivity index (χ2v) is 2.72. The first-order valence-corrected chi connectivity index (χ1v) is 5.72. The first-order chi connectivity index (χ1) is 7.77. The third kappa shape index (κ3) is 3.50. The molecule has 0 amide bonds. The Balaban J connectivity index is 0.000000509. The number of fused-ring (bicyclic) bond motifs is 1. The number of aromatic amines is 1. The molecule has 0 atom stereocenters. The van der Waals surface area contributed by atoms with E-state index in [1.165, 1.54) is 0 Å². The molecule has 3 heteroatoms. The number of hydrogen-bond acceptors (Lipinski definition) is 2. The van der Waals surface area contributed by atoms with E-state index < -0.39 is 0 Å². The Morgan fingerprint density at radius 3 is 2.44 bits per heavy atom. The highest BCUT2D eigenvalue weighted by atomic mass is 16.1. The monoisotopic (exact) mass is 220 g/mol. The molecule has 0 aliphatic heterocycles. The molecule has 0 radical (unpaired) electrons. The van der Waals surface area contributed by atoms with Crippen molar-refractivity contribution in [1.29, 1.82) is 0 Å². The molecule has 0 saturated heterocycles. The molecule has 0 fully saturated rings. The molecule has 2 rings (SSSR count). The molecule has 0 unspecified atom stereocenters. The highest BCUT2D eigenvalue weighted by molar-refractivity contribution is 5.74. The molecule has 16 heavy (non-hydrogen) atoms. The van der Waals surface area contributed by atoms with Gasteiger partial charge in [-0.3, -0.25) is 4.79 Å². The van der Waals surface area contributed by atoms with Gasteiger partial charge in [0.25, 0.3) is 5.56 Å². The molecular weight excluding hydrogens is 200 g/mol. The summed E-state index contributed by atoms with van der Waals surface area (Å²) in [7, 11) is 0. The molecule has 2 heterocycles. The van der Waals surface area contributed by atoms with Crippen molar-refractivity contribution in [2.24, 2.45) is 0 Å². The SMILES string of the molecule is CC.CC.Cc1cc2cccnc2[nH]c1=O. The fourth-order valence-corrected chi connectivity index (χ4v) is 1.14. The first kappa shape index (κ1) is 14.4. The van der Waals surface area contributed by atoms with E-state index in [1.807, 2.05) is 45.9 Å². The lowest BCUT2D eigenvalue weighted by Gasteiger charge is -1.96. The van der Waals surface area contributed by atoms with Gasteiger partial charge in [-0.25, -0.2) is 4.98 Å². The number of H-pyrrole nitrogens is 1. The van der Waals surface area contributed by atoms with E-state index in [4.69, 9.17) is 0 Å². The molecule has 0 aromatic carbocycles. The fourth-order valence-electron chi connectivity index (χ4n) is 1.14. The minimum atomic E-state index is -0.0683. The van der Waals surface area contributed by atoms with Gasteiger partial charge >= 0.3 is 0 Å². The number of nitrogens with zero attached hydrogens (tertiary/aromatic N) is 1. The number of aryl methyl sites for hydroxylation is 1. The number of aromatic nitrogens is 2. The maximum absolute atomic E-state index is 11.1. The highest BCUT2D eigenvalue weighted by Crippen LogP contribution is 2.05. The Hall–Kier alpha value is -1.64. The van der Waals surface area contributed by atoms with Crippen molar-refractivity contribution in [3.05, 3.63) is 40.3 Å². The van der Waals surface area contributed by atoms with E-state index in [2.05, 4.69) is 9.97 Å². The van der Waals surface area contributed by atoms with Gasteiger partial charge in [0, 0.05) is 17.1 Å². The summed E-state index contributed by atoms with van der Waals surface area (Å²) in [6.45, 7) is 9.78. The average molecular weight is 220 g/mol.